The standard InChI is InChI=1S/C23H32O4/c1-6-7-8-9-15-13-18(24)20-16-12-14(2)10-11-17(16)23(3,4)27-21(20)19(15)22(25)26-5/h12-13,16-17,24H,6-11H2,1-5H3. The molecular formula is C23H32O4. The van der Waals surface area contributed by atoms with Crippen LogP contribution in [0.4, 0.5) is 0 Å². The van der Waals surface area contributed by atoms with Crippen molar-refractivity contribution in [3.63, 3.8) is 0 Å². The summed E-state index contributed by atoms with van der Waals surface area (Å²) in [6.45, 7) is 8.46. The number of allylic oxidation sites excluding steroid dienone is 2. The van der Waals surface area contributed by atoms with Crippen LogP contribution in [0.2, 0.25) is 0 Å². The van der Waals surface area contributed by atoms with Crippen molar-refractivity contribution in [2.45, 2.75) is 77.7 Å². The number of carbonyl (C=O) groups is 1. The molecular weight excluding hydrogens is 340 g/mol. The SMILES string of the molecule is CCCCCc1cc(O)c2c(c1C(=O)OC)OC(C)(C)C1CCC(C)=CC21. The highest BCUT2D eigenvalue weighted by Gasteiger charge is 2.47. The zero-order valence-corrected chi connectivity index (χ0v) is 17.2. The predicted octanol–water partition coefficient (Wildman–Crippen LogP) is 5.52. The topological polar surface area (TPSA) is 55.8 Å². The van der Waals surface area contributed by atoms with Gasteiger partial charge >= 0.3 is 5.97 Å². The summed E-state index contributed by atoms with van der Waals surface area (Å²) in [6, 6.07) is 1.76. The van der Waals surface area contributed by atoms with Crippen LogP contribution in [-0.2, 0) is 11.2 Å². The molecule has 0 bridgehead atoms. The Kier molecular flexibility index (Phi) is 5.55. The number of ether oxygens (including phenoxy) is 2. The molecule has 1 N–H and O–H groups in total. The molecule has 2 unspecified atom stereocenters. The third-order valence-electron chi connectivity index (χ3n) is 6.16. The van der Waals surface area contributed by atoms with E-state index in [2.05, 4.69) is 33.8 Å². The van der Waals surface area contributed by atoms with E-state index in [1.807, 2.05) is 0 Å². The van der Waals surface area contributed by atoms with Crippen LogP contribution in [-0.4, -0.2) is 23.8 Å². The van der Waals surface area contributed by atoms with Crippen molar-refractivity contribution >= 4 is 5.97 Å². The molecule has 0 saturated heterocycles. The number of rotatable bonds is 5. The second-order valence-corrected chi connectivity index (χ2v) is 8.51. The molecule has 27 heavy (non-hydrogen) atoms. The third-order valence-corrected chi connectivity index (χ3v) is 6.16. The van der Waals surface area contributed by atoms with E-state index in [1.165, 1.54) is 12.7 Å². The minimum absolute atomic E-state index is 0.0607. The number of phenols is 1. The number of hydrogen-bond acceptors (Lipinski definition) is 4. The Balaban J connectivity index is 2.19. The highest BCUT2D eigenvalue weighted by atomic mass is 16.5. The molecule has 0 aromatic heterocycles. The normalized spacial score (nSPS) is 22.9. The van der Waals surface area contributed by atoms with Gasteiger partial charge in [-0.25, -0.2) is 4.79 Å². The molecule has 1 heterocycles. The van der Waals surface area contributed by atoms with Crippen molar-refractivity contribution in [3.8, 4) is 11.5 Å². The maximum Gasteiger partial charge on any atom is 0.341 e. The van der Waals surface area contributed by atoms with Crippen LogP contribution in [0.3, 0.4) is 0 Å². The van der Waals surface area contributed by atoms with Crippen molar-refractivity contribution in [3.05, 3.63) is 34.4 Å². The van der Waals surface area contributed by atoms with Gasteiger partial charge in [-0.2, -0.15) is 0 Å². The molecule has 1 aromatic carbocycles. The van der Waals surface area contributed by atoms with Crippen LogP contribution in [0.5, 0.6) is 11.5 Å². The number of carbonyl (C=O) groups excluding carboxylic acids is 1. The van der Waals surface area contributed by atoms with Gasteiger partial charge < -0.3 is 14.6 Å². The number of phenolic OH excluding ortho intramolecular Hbond substituents is 1. The Morgan fingerprint density at radius 3 is 2.78 bits per heavy atom. The van der Waals surface area contributed by atoms with E-state index in [1.54, 1.807) is 6.07 Å². The first-order valence-electron chi connectivity index (χ1n) is 10.1. The van der Waals surface area contributed by atoms with Crippen molar-refractivity contribution in [1.29, 1.82) is 0 Å². The van der Waals surface area contributed by atoms with Crippen molar-refractivity contribution in [1.82, 2.24) is 0 Å². The molecule has 4 nitrogen and oxygen atoms in total. The average Bonchev–Trinajstić information content (AvgIpc) is 2.60. The Morgan fingerprint density at radius 2 is 2.11 bits per heavy atom. The number of fused-ring (bicyclic) bond motifs is 3. The number of hydrogen-bond donors (Lipinski definition) is 1. The first-order chi connectivity index (χ1) is 12.8. The lowest BCUT2D eigenvalue weighted by Gasteiger charge is -2.47. The second-order valence-electron chi connectivity index (χ2n) is 8.51. The molecule has 1 aromatic rings. The van der Waals surface area contributed by atoms with E-state index in [0.29, 0.717) is 11.3 Å². The summed E-state index contributed by atoms with van der Waals surface area (Å²) in [7, 11) is 1.40. The lowest BCUT2D eigenvalue weighted by molar-refractivity contribution is 0.00879. The Labute approximate surface area is 162 Å². The first-order valence-corrected chi connectivity index (χ1v) is 10.1. The fourth-order valence-corrected chi connectivity index (χ4v) is 4.70. The van der Waals surface area contributed by atoms with Crippen LogP contribution >= 0.6 is 0 Å². The Hall–Kier alpha value is -1.97. The molecule has 2 atom stereocenters. The monoisotopic (exact) mass is 372 g/mol. The van der Waals surface area contributed by atoms with E-state index in [0.717, 1.165) is 49.7 Å². The summed E-state index contributed by atoms with van der Waals surface area (Å²) in [6.07, 6.45) is 8.18. The van der Waals surface area contributed by atoms with Gasteiger partial charge in [0.05, 0.1) is 7.11 Å². The quantitative estimate of drug-likeness (QED) is 0.420. The number of aryl methyl sites for hydroxylation is 1. The largest absolute Gasteiger partial charge is 0.507 e. The summed E-state index contributed by atoms with van der Waals surface area (Å²) in [5.41, 5.74) is 2.97. The van der Waals surface area contributed by atoms with Gasteiger partial charge in [-0.3, -0.25) is 0 Å². The molecule has 0 amide bonds. The Bertz CT molecular complexity index is 760. The highest BCUT2D eigenvalue weighted by Crippen LogP contribution is 2.55. The molecule has 0 fully saturated rings. The first kappa shape index (κ1) is 19.8. The zero-order chi connectivity index (χ0) is 19.8. The van der Waals surface area contributed by atoms with Crippen LogP contribution < -0.4 is 4.74 Å². The van der Waals surface area contributed by atoms with Crippen LogP contribution in [0.25, 0.3) is 0 Å². The average molecular weight is 373 g/mol. The van der Waals surface area contributed by atoms with Gasteiger partial charge in [0, 0.05) is 17.4 Å². The predicted molar refractivity (Wildman–Crippen MR) is 107 cm³/mol. The molecule has 148 valence electrons. The van der Waals surface area contributed by atoms with Gasteiger partial charge in [0.25, 0.3) is 0 Å². The molecule has 1 aliphatic heterocycles. The van der Waals surface area contributed by atoms with E-state index in [9.17, 15) is 9.90 Å². The van der Waals surface area contributed by atoms with Gasteiger partial charge in [-0.15, -0.1) is 0 Å². The zero-order valence-electron chi connectivity index (χ0n) is 17.2. The Morgan fingerprint density at radius 1 is 1.37 bits per heavy atom. The van der Waals surface area contributed by atoms with E-state index >= 15 is 0 Å². The van der Waals surface area contributed by atoms with E-state index in [4.69, 9.17) is 9.47 Å². The summed E-state index contributed by atoms with van der Waals surface area (Å²) in [5.74, 6) is 0.705. The lowest BCUT2D eigenvalue weighted by Crippen LogP contribution is -2.45. The smallest absolute Gasteiger partial charge is 0.341 e. The van der Waals surface area contributed by atoms with Crippen LogP contribution in [0.1, 0.15) is 87.2 Å². The maximum atomic E-state index is 12.7. The molecule has 3 rings (SSSR count). The summed E-state index contributed by atoms with van der Waals surface area (Å²) >= 11 is 0. The summed E-state index contributed by atoms with van der Waals surface area (Å²) in [4.78, 5) is 12.7. The van der Waals surface area contributed by atoms with Gasteiger partial charge in [0.1, 0.15) is 22.7 Å². The molecule has 0 radical (unpaired) electrons. The molecule has 2 aliphatic rings. The minimum atomic E-state index is -0.411. The van der Waals surface area contributed by atoms with E-state index < -0.39 is 5.60 Å². The number of aromatic hydroxyl groups is 1. The van der Waals surface area contributed by atoms with Gasteiger partial charge in [-0.1, -0.05) is 31.4 Å². The molecule has 0 spiro atoms. The number of esters is 1. The maximum absolute atomic E-state index is 12.7. The number of benzene rings is 1. The molecule has 1 aliphatic carbocycles. The lowest BCUT2D eigenvalue weighted by atomic mass is 9.67. The second kappa shape index (κ2) is 7.57. The van der Waals surface area contributed by atoms with Crippen molar-refractivity contribution in [2.24, 2.45) is 5.92 Å². The van der Waals surface area contributed by atoms with Crippen molar-refractivity contribution in [2.75, 3.05) is 7.11 Å². The van der Waals surface area contributed by atoms with E-state index in [-0.39, 0.29) is 23.6 Å². The number of methoxy groups -OCH3 is 1. The molecule has 0 saturated carbocycles. The fourth-order valence-electron chi connectivity index (χ4n) is 4.70. The molecule has 4 heteroatoms. The summed E-state index contributed by atoms with van der Waals surface area (Å²) < 4.78 is 11.5. The number of unbranched alkanes of at least 4 members (excludes halogenated alkanes) is 2. The van der Waals surface area contributed by atoms with Gasteiger partial charge in [0.2, 0.25) is 0 Å². The third kappa shape index (κ3) is 3.59. The fraction of sp³-hybridized carbons (Fsp3) is 0.609. The minimum Gasteiger partial charge on any atom is -0.507 e. The summed E-state index contributed by atoms with van der Waals surface area (Å²) in [5, 5.41) is 10.9. The van der Waals surface area contributed by atoms with Gasteiger partial charge in [-0.05, 0) is 58.1 Å². The van der Waals surface area contributed by atoms with Crippen LogP contribution in [0, 0.1) is 5.92 Å². The van der Waals surface area contributed by atoms with Crippen molar-refractivity contribution < 1.29 is 19.4 Å². The highest BCUT2D eigenvalue weighted by molar-refractivity contribution is 5.95. The van der Waals surface area contributed by atoms with Gasteiger partial charge in [0.15, 0.2) is 0 Å². The van der Waals surface area contributed by atoms with Crippen LogP contribution in [0.15, 0.2) is 17.7 Å².